The van der Waals surface area contributed by atoms with Gasteiger partial charge in [-0.25, -0.2) is 4.99 Å². The van der Waals surface area contributed by atoms with Gasteiger partial charge in [-0.15, -0.1) is 11.3 Å². The number of rotatable bonds is 5. The first-order chi connectivity index (χ1) is 16.8. The van der Waals surface area contributed by atoms with Crippen LogP contribution in [0.1, 0.15) is 54.2 Å². The Bertz CT molecular complexity index is 1420. The van der Waals surface area contributed by atoms with Crippen molar-refractivity contribution in [3.63, 3.8) is 0 Å². The second-order valence-corrected chi connectivity index (χ2v) is 10.3. The highest BCUT2D eigenvalue weighted by atomic mass is 32.1. The normalized spacial score (nSPS) is 22.7. The first-order valence-corrected chi connectivity index (χ1v) is 12.5. The van der Waals surface area contributed by atoms with E-state index in [9.17, 15) is 15.3 Å². The van der Waals surface area contributed by atoms with Crippen LogP contribution in [0.2, 0.25) is 0 Å². The van der Waals surface area contributed by atoms with Crippen LogP contribution in [0.15, 0.2) is 65.0 Å². The molecule has 0 saturated heterocycles. The van der Waals surface area contributed by atoms with Crippen molar-refractivity contribution in [1.29, 1.82) is 10.5 Å². The van der Waals surface area contributed by atoms with E-state index in [1.807, 2.05) is 67.8 Å². The van der Waals surface area contributed by atoms with Crippen LogP contribution in [-0.2, 0) is 15.7 Å². The molecule has 1 saturated carbocycles. The summed E-state index contributed by atoms with van der Waals surface area (Å²) < 4.78 is 0. The first-order valence-electron chi connectivity index (χ1n) is 11.6. The molecule has 1 amide bonds. The third-order valence-electron chi connectivity index (χ3n) is 7.20. The van der Waals surface area contributed by atoms with E-state index in [4.69, 9.17) is 10.7 Å². The van der Waals surface area contributed by atoms with Gasteiger partial charge in [0.2, 0.25) is 5.91 Å². The van der Waals surface area contributed by atoms with Crippen LogP contribution < -0.4 is 5.73 Å². The largest absolute Gasteiger partial charge is 0.369 e. The third-order valence-corrected chi connectivity index (χ3v) is 8.36. The predicted molar refractivity (Wildman–Crippen MR) is 137 cm³/mol. The van der Waals surface area contributed by atoms with E-state index in [0.717, 1.165) is 40.0 Å². The van der Waals surface area contributed by atoms with Crippen LogP contribution in [0.25, 0.3) is 11.1 Å². The van der Waals surface area contributed by atoms with Crippen LogP contribution >= 0.6 is 11.3 Å². The highest BCUT2D eigenvalue weighted by Gasteiger charge is 2.49. The Morgan fingerprint density at radius 3 is 2.51 bits per heavy atom. The minimum Gasteiger partial charge on any atom is -0.369 e. The Kier molecular flexibility index (Phi) is 5.46. The standard InChI is InChI=1S/C28H25N5OS/c1-3-33-25(34)24(19-7-9-22(10-8-19)28(17-30)11-12-28)27(2,32-26(33)31)23-14-21(16-35-23)20-6-4-5-18(13-20)15-29/h4-10,13-14,16,24H,3,11-12H2,1-2H3,(H2,31,32)/t24-,27-/m1/s1. The number of guanidine groups is 1. The molecule has 0 bridgehead atoms. The Labute approximate surface area is 208 Å². The highest BCUT2D eigenvalue weighted by molar-refractivity contribution is 7.10. The summed E-state index contributed by atoms with van der Waals surface area (Å²) in [7, 11) is 0. The number of carbonyl (C=O) groups is 1. The fourth-order valence-electron chi connectivity index (χ4n) is 4.96. The molecule has 174 valence electrons. The summed E-state index contributed by atoms with van der Waals surface area (Å²) in [5, 5.41) is 20.9. The maximum Gasteiger partial charge on any atom is 0.239 e. The van der Waals surface area contributed by atoms with Gasteiger partial charge in [-0.3, -0.25) is 9.69 Å². The number of nitrogens with two attached hydrogens (primary N) is 1. The lowest BCUT2D eigenvalue weighted by atomic mass is 9.77. The fourth-order valence-corrected chi connectivity index (χ4v) is 6.02. The number of hydrogen-bond acceptors (Lipinski definition) is 6. The van der Waals surface area contributed by atoms with Crippen molar-refractivity contribution in [2.45, 2.75) is 43.6 Å². The summed E-state index contributed by atoms with van der Waals surface area (Å²) in [5.41, 5.74) is 9.38. The van der Waals surface area contributed by atoms with E-state index in [1.54, 1.807) is 6.07 Å². The molecular formula is C28H25N5OS. The Morgan fingerprint density at radius 1 is 1.14 bits per heavy atom. The van der Waals surface area contributed by atoms with Crippen molar-refractivity contribution < 1.29 is 4.79 Å². The molecular weight excluding hydrogens is 454 g/mol. The Morgan fingerprint density at radius 2 is 1.89 bits per heavy atom. The predicted octanol–water partition coefficient (Wildman–Crippen LogP) is 5.02. The summed E-state index contributed by atoms with van der Waals surface area (Å²) in [4.78, 5) is 21.1. The van der Waals surface area contributed by atoms with Crippen molar-refractivity contribution in [3.05, 3.63) is 81.5 Å². The zero-order chi connectivity index (χ0) is 24.8. The molecule has 3 aromatic rings. The third kappa shape index (κ3) is 3.69. The van der Waals surface area contributed by atoms with Gasteiger partial charge in [0.15, 0.2) is 5.96 Å². The summed E-state index contributed by atoms with van der Waals surface area (Å²) in [6, 6.07) is 22.0. The van der Waals surface area contributed by atoms with Crippen LogP contribution in [0.4, 0.5) is 0 Å². The van der Waals surface area contributed by atoms with E-state index in [2.05, 4.69) is 12.1 Å². The van der Waals surface area contributed by atoms with Gasteiger partial charge in [-0.2, -0.15) is 10.5 Å². The van der Waals surface area contributed by atoms with Crippen LogP contribution in [0.5, 0.6) is 0 Å². The van der Waals surface area contributed by atoms with Gasteiger partial charge in [0.25, 0.3) is 0 Å². The minimum atomic E-state index is -0.892. The number of hydrogen-bond donors (Lipinski definition) is 1. The number of carbonyl (C=O) groups excluding carboxylic acids is 1. The molecule has 1 fully saturated rings. The van der Waals surface area contributed by atoms with Crippen molar-refractivity contribution in [3.8, 4) is 23.3 Å². The van der Waals surface area contributed by atoms with E-state index >= 15 is 0 Å². The van der Waals surface area contributed by atoms with Crippen LogP contribution in [-0.4, -0.2) is 23.3 Å². The smallest absolute Gasteiger partial charge is 0.239 e. The van der Waals surface area contributed by atoms with E-state index in [-0.39, 0.29) is 17.3 Å². The zero-order valence-electron chi connectivity index (χ0n) is 19.7. The molecule has 0 unspecified atom stereocenters. The lowest BCUT2D eigenvalue weighted by molar-refractivity contribution is -0.131. The fraction of sp³-hybridized carbons (Fsp3) is 0.286. The maximum absolute atomic E-state index is 13.7. The van der Waals surface area contributed by atoms with Crippen molar-refractivity contribution >= 4 is 23.2 Å². The molecule has 1 aliphatic carbocycles. The Balaban J connectivity index is 1.59. The number of thiophene rings is 1. The van der Waals surface area contributed by atoms with Gasteiger partial charge < -0.3 is 5.73 Å². The number of benzene rings is 2. The van der Waals surface area contributed by atoms with Gasteiger partial charge in [0.1, 0.15) is 5.54 Å². The second kappa shape index (κ2) is 8.37. The zero-order valence-corrected chi connectivity index (χ0v) is 20.5. The average Bonchev–Trinajstić information content (AvgIpc) is 3.50. The summed E-state index contributed by atoms with van der Waals surface area (Å²) >= 11 is 1.54. The molecule has 2 heterocycles. The molecule has 2 aliphatic rings. The van der Waals surface area contributed by atoms with E-state index < -0.39 is 11.5 Å². The van der Waals surface area contributed by atoms with Gasteiger partial charge >= 0.3 is 0 Å². The lowest BCUT2D eigenvalue weighted by Gasteiger charge is -2.41. The van der Waals surface area contributed by atoms with Gasteiger partial charge in [0, 0.05) is 11.4 Å². The van der Waals surface area contributed by atoms with Crippen LogP contribution in [0.3, 0.4) is 0 Å². The number of nitrogens with zero attached hydrogens (tertiary/aromatic N) is 4. The van der Waals surface area contributed by atoms with Gasteiger partial charge in [-0.05, 0) is 72.5 Å². The second-order valence-electron chi connectivity index (χ2n) is 9.34. The Hall–Kier alpha value is -3.94. The monoisotopic (exact) mass is 479 g/mol. The molecule has 2 aromatic carbocycles. The molecule has 0 radical (unpaired) electrons. The van der Waals surface area contributed by atoms with E-state index in [0.29, 0.717) is 12.1 Å². The van der Waals surface area contributed by atoms with Gasteiger partial charge in [0.05, 0.1) is 29.0 Å². The summed E-state index contributed by atoms with van der Waals surface area (Å²) in [5.74, 6) is -0.424. The van der Waals surface area contributed by atoms with Gasteiger partial charge in [-0.1, -0.05) is 36.4 Å². The number of aliphatic imine (C=N–C) groups is 1. The van der Waals surface area contributed by atoms with Crippen LogP contribution in [0, 0.1) is 22.7 Å². The first kappa shape index (κ1) is 22.8. The van der Waals surface area contributed by atoms with E-state index in [1.165, 1.54) is 16.2 Å². The lowest BCUT2D eigenvalue weighted by Crippen LogP contribution is -2.53. The molecule has 0 spiro atoms. The number of amides is 1. The SMILES string of the molecule is CCN1C(=O)[C@@H](c2ccc(C3(C#N)CC3)cc2)[C@@](C)(c2cc(-c3cccc(C#N)c3)cs2)N=C1N. The van der Waals surface area contributed by atoms with Crippen molar-refractivity contribution in [2.24, 2.45) is 10.7 Å². The molecule has 6 nitrogen and oxygen atoms in total. The number of likely N-dealkylation sites (N-methyl/N-ethyl adjacent to an activating group) is 1. The summed E-state index contributed by atoms with van der Waals surface area (Å²) in [6.45, 7) is 4.29. The van der Waals surface area contributed by atoms with Crippen molar-refractivity contribution in [1.82, 2.24) is 4.90 Å². The minimum absolute atomic E-state index is 0.0851. The molecule has 5 rings (SSSR count). The molecule has 7 heteroatoms. The average molecular weight is 480 g/mol. The number of nitriles is 2. The highest BCUT2D eigenvalue weighted by Crippen LogP contribution is 2.50. The molecule has 1 aromatic heterocycles. The molecule has 2 N–H and O–H groups in total. The molecule has 2 atom stereocenters. The molecule has 1 aliphatic heterocycles. The molecule has 35 heavy (non-hydrogen) atoms. The summed E-state index contributed by atoms with van der Waals surface area (Å²) in [6.07, 6.45) is 1.75. The quantitative estimate of drug-likeness (QED) is 0.555. The maximum atomic E-state index is 13.7. The topological polar surface area (TPSA) is 106 Å². The van der Waals surface area contributed by atoms with Crippen molar-refractivity contribution in [2.75, 3.05) is 6.54 Å².